The summed E-state index contributed by atoms with van der Waals surface area (Å²) < 4.78 is 29.5. The highest BCUT2D eigenvalue weighted by Crippen LogP contribution is 2.30. The third-order valence-corrected chi connectivity index (χ3v) is 7.63. The summed E-state index contributed by atoms with van der Waals surface area (Å²) in [6.07, 6.45) is 1.97. The topological polar surface area (TPSA) is 88.2 Å². The Hall–Kier alpha value is -2.88. The molecule has 1 heterocycles. The number of fused-ring (bicyclic) bond motifs is 1. The molecule has 0 saturated heterocycles. The minimum Gasteiger partial charge on any atom is -0.322 e. The smallest absolute Gasteiger partial charge is 0.261 e. The summed E-state index contributed by atoms with van der Waals surface area (Å²) in [6, 6.07) is 20.0. The second-order valence-electron chi connectivity index (χ2n) is 6.32. The van der Waals surface area contributed by atoms with Crippen LogP contribution < -0.4 is 10.0 Å². The van der Waals surface area contributed by atoms with E-state index in [0.717, 1.165) is 14.6 Å². The molecule has 4 rings (SSSR count). The van der Waals surface area contributed by atoms with Crippen LogP contribution in [0.25, 0.3) is 10.2 Å². The Kier molecular flexibility index (Phi) is 5.76. The predicted octanol–water partition coefficient (Wildman–Crippen LogP) is 5.07. The van der Waals surface area contributed by atoms with Crippen molar-refractivity contribution in [1.29, 1.82) is 0 Å². The second kappa shape index (κ2) is 8.47. The molecule has 0 fully saturated rings. The molecule has 2 N–H and O–H groups in total. The minimum atomic E-state index is -3.73. The van der Waals surface area contributed by atoms with Crippen molar-refractivity contribution in [3.8, 4) is 0 Å². The van der Waals surface area contributed by atoms with E-state index in [1.54, 1.807) is 65.6 Å². The van der Waals surface area contributed by atoms with E-state index in [4.69, 9.17) is 0 Å². The molecule has 0 aliphatic carbocycles. The monoisotopic (exact) mass is 455 g/mol. The first-order chi connectivity index (χ1) is 14.4. The number of anilines is 2. The van der Waals surface area contributed by atoms with Crippen LogP contribution in [0.15, 0.2) is 82.0 Å². The van der Waals surface area contributed by atoms with Crippen LogP contribution in [-0.2, 0) is 10.0 Å². The lowest BCUT2D eigenvalue weighted by molar-refractivity contribution is 0.102. The van der Waals surface area contributed by atoms with Crippen molar-refractivity contribution in [2.75, 3.05) is 16.3 Å². The molecule has 0 atom stereocenters. The Labute approximate surface area is 182 Å². The number of rotatable bonds is 6. The predicted molar refractivity (Wildman–Crippen MR) is 123 cm³/mol. The first-order valence-corrected chi connectivity index (χ1v) is 12.4. The number of benzene rings is 3. The molecule has 0 spiro atoms. The molecule has 6 nitrogen and oxygen atoms in total. The number of aromatic nitrogens is 1. The van der Waals surface area contributed by atoms with Gasteiger partial charge in [-0.05, 0) is 54.8 Å². The lowest BCUT2D eigenvalue weighted by atomic mass is 10.2. The molecule has 0 aliphatic rings. The largest absolute Gasteiger partial charge is 0.322 e. The molecular weight excluding hydrogens is 438 g/mol. The molecule has 1 aromatic heterocycles. The minimum absolute atomic E-state index is 0.155. The molecule has 30 heavy (non-hydrogen) atoms. The molecule has 4 aromatic rings. The zero-order valence-electron chi connectivity index (χ0n) is 15.8. The zero-order chi connectivity index (χ0) is 21.1. The van der Waals surface area contributed by atoms with Crippen molar-refractivity contribution >= 4 is 60.6 Å². The fraction of sp³-hybridized carbons (Fsp3) is 0.0476. The summed E-state index contributed by atoms with van der Waals surface area (Å²) in [5.74, 6) is -0.329. The molecule has 0 unspecified atom stereocenters. The maximum absolute atomic E-state index is 12.7. The van der Waals surface area contributed by atoms with E-state index in [-0.39, 0.29) is 10.8 Å². The van der Waals surface area contributed by atoms with Crippen LogP contribution in [0.2, 0.25) is 0 Å². The summed E-state index contributed by atoms with van der Waals surface area (Å²) in [4.78, 5) is 17.3. The number of thioether (sulfide) groups is 1. The van der Waals surface area contributed by atoms with Gasteiger partial charge in [-0.2, -0.15) is 0 Å². The van der Waals surface area contributed by atoms with Crippen LogP contribution in [0.1, 0.15) is 10.4 Å². The Morgan fingerprint density at radius 1 is 0.967 bits per heavy atom. The maximum Gasteiger partial charge on any atom is 0.261 e. The summed E-state index contributed by atoms with van der Waals surface area (Å²) in [6.45, 7) is 0. The van der Waals surface area contributed by atoms with Crippen molar-refractivity contribution in [2.24, 2.45) is 0 Å². The summed E-state index contributed by atoms with van der Waals surface area (Å²) >= 11 is 3.14. The number of hydrogen-bond donors (Lipinski definition) is 2. The number of sulfonamides is 1. The normalized spacial score (nSPS) is 11.4. The van der Waals surface area contributed by atoms with Gasteiger partial charge in [0.1, 0.15) is 0 Å². The standard InChI is InChI=1S/C21H17N3O3S3/c1-28-21-23-18-11-10-15(13-19(18)29-21)22-20(25)14-6-5-7-16(12-14)24-30(26,27)17-8-3-2-4-9-17/h2-13,24H,1H3,(H,22,25). The Morgan fingerprint density at radius 3 is 2.53 bits per heavy atom. The number of thiazole rings is 1. The summed E-state index contributed by atoms with van der Waals surface area (Å²) in [5.41, 5.74) is 2.20. The van der Waals surface area contributed by atoms with Gasteiger partial charge >= 0.3 is 0 Å². The molecule has 1 amide bonds. The van der Waals surface area contributed by atoms with Crippen molar-refractivity contribution in [1.82, 2.24) is 4.98 Å². The van der Waals surface area contributed by atoms with Crippen molar-refractivity contribution in [3.05, 3.63) is 78.4 Å². The van der Waals surface area contributed by atoms with E-state index in [0.29, 0.717) is 16.9 Å². The van der Waals surface area contributed by atoms with Gasteiger partial charge in [0, 0.05) is 16.9 Å². The molecule has 152 valence electrons. The molecule has 0 saturated carbocycles. The maximum atomic E-state index is 12.7. The van der Waals surface area contributed by atoms with Crippen LogP contribution in [0.5, 0.6) is 0 Å². The third-order valence-electron chi connectivity index (χ3n) is 4.23. The van der Waals surface area contributed by atoms with Crippen LogP contribution in [-0.4, -0.2) is 25.6 Å². The fourth-order valence-corrected chi connectivity index (χ4v) is 5.41. The molecule has 0 aliphatic heterocycles. The van der Waals surface area contributed by atoms with Gasteiger partial charge in [0.25, 0.3) is 15.9 Å². The van der Waals surface area contributed by atoms with Gasteiger partial charge in [0.15, 0.2) is 4.34 Å². The number of amides is 1. The van der Waals surface area contributed by atoms with Crippen LogP contribution >= 0.6 is 23.1 Å². The second-order valence-corrected chi connectivity index (χ2v) is 10.1. The summed E-state index contributed by atoms with van der Waals surface area (Å²) in [7, 11) is -3.73. The highest BCUT2D eigenvalue weighted by atomic mass is 32.2. The average Bonchev–Trinajstić information content (AvgIpc) is 3.17. The first-order valence-electron chi connectivity index (χ1n) is 8.88. The highest BCUT2D eigenvalue weighted by Gasteiger charge is 2.15. The van der Waals surface area contributed by atoms with Gasteiger partial charge in [-0.3, -0.25) is 9.52 Å². The zero-order valence-corrected chi connectivity index (χ0v) is 18.3. The van der Waals surface area contributed by atoms with E-state index in [1.165, 1.54) is 18.2 Å². The Balaban J connectivity index is 1.52. The Morgan fingerprint density at radius 2 is 1.77 bits per heavy atom. The molecule has 0 bridgehead atoms. The van der Waals surface area contributed by atoms with Crippen molar-refractivity contribution in [2.45, 2.75) is 9.24 Å². The van der Waals surface area contributed by atoms with E-state index in [2.05, 4.69) is 15.0 Å². The van der Waals surface area contributed by atoms with Gasteiger partial charge in [-0.15, -0.1) is 11.3 Å². The van der Waals surface area contributed by atoms with Gasteiger partial charge < -0.3 is 5.32 Å². The molecular formula is C21H17N3O3S3. The average molecular weight is 456 g/mol. The highest BCUT2D eigenvalue weighted by molar-refractivity contribution is 8.00. The number of nitrogens with zero attached hydrogens (tertiary/aromatic N) is 1. The quantitative estimate of drug-likeness (QED) is 0.396. The van der Waals surface area contributed by atoms with E-state index >= 15 is 0 Å². The fourth-order valence-electron chi connectivity index (χ4n) is 2.81. The van der Waals surface area contributed by atoms with E-state index in [9.17, 15) is 13.2 Å². The van der Waals surface area contributed by atoms with E-state index in [1.807, 2.05) is 18.4 Å². The van der Waals surface area contributed by atoms with Gasteiger partial charge in [0.05, 0.1) is 15.1 Å². The number of hydrogen-bond acceptors (Lipinski definition) is 6. The van der Waals surface area contributed by atoms with Gasteiger partial charge in [0.2, 0.25) is 0 Å². The Bertz CT molecular complexity index is 1320. The lowest BCUT2D eigenvalue weighted by Crippen LogP contribution is -2.15. The number of carbonyl (C=O) groups is 1. The van der Waals surface area contributed by atoms with Crippen LogP contribution in [0.4, 0.5) is 11.4 Å². The number of carbonyl (C=O) groups excluding carboxylic acids is 1. The molecule has 0 radical (unpaired) electrons. The third kappa shape index (κ3) is 4.48. The lowest BCUT2D eigenvalue weighted by Gasteiger charge is -2.10. The number of nitrogens with one attached hydrogen (secondary N) is 2. The van der Waals surface area contributed by atoms with Crippen molar-refractivity contribution < 1.29 is 13.2 Å². The van der Waals surface area contributed by atoms with Gasteiger partial charge in [-0.25, -0.2) is 13.4 Å². The first kappa shape index (κ1) is 20.4. The molecule has 9 heteroatoms. The molecule has 3 aromatic carbocycles. The summed E-state index contributed by atoms with van der Waals surface area (Å²) in [5, 5.41) is 2.86. The van der Waals surface area contributed by atoms with E-state index < -0.39 is 10.0 Å². The van der Waals surface area contributed by atoms with Gasteiger partial charge in [-0.1, -0.05) is 36.0 Å². The SMILES string of the molecule is CSc1nc2ccc(NC(=O)c3cccc(NS(=O)(=O)c4ccccc4)c3)cc2s1. The van der Waals surface area contributed by atoms with Crippen molar-refractivity contribution in [3.63, 3.8) is 0 Å². The van der Waals surface area contributed by atoms with Crippen LogP contribution in [0.3, 0.4) is 0 Å². The van der Waals surface area contributed by atoms with Crippen LogP contribution in [0, 0.1) is 0 Å².